The van der Waals surface area contributed by atoms with E-state index in [1.165, 1.54) is 63.6 Å². The average Bonchev–Trinajstić information content (AvgIpc) is 3.54. The second kappa shape index (κ2) is 10.3. The summed E-state index contributed by atoms with van der Waals surface area (Å²) in [7, 11) is 0. The summed E-state index contributed by atoms with van der Waals surface area (Å²) in [5.41, 5.74) is 4.41. The van der Waals surface area contributed by atoms with Gasteiger partial charge in [-0.3, -0.25) is 9.88 Å². The van der Waals surface area contributed by atoms with Gasteiger partial charge in [0.1, 0.15) is 11.5 Å². The molecule has 6 rings (SSSR count). The molecule has 0 atom stereocenters. The first-order chi connectivity index (χ1) is 17.3. The molecule has 1 aliphatic heterocycles. The number of likely N-dealkylation sites (tertiary alicyclic amines) is 1. The van der Waals surface area contributed by atoms with Gasteiger partial charge in [-0.25, -0.2) is 4.98 Å². The molecule has 2 aromatic heterocycles. The zero-order valence-corrected chi connectivity index (χ0v) is 20.9. The maximum Gasteiger partial charge on any atom is 0.184 e. The highest BCUT2D eigenvalue weighted by molar-refractivity contribution is 7.22. The van der Waals surface area contributed by atoms with Crippen LogP contribution >= 0.6 is 11.3 Å². The van der Waals surface area contributed by atoms with E-state index in [0.717, 1.165) is 44.6 Å². The number of nitrogens with zero attached hydrogens (tertiary/aromatic N) is 3. The molecule has 1 saturated carbocycles. The Kier molecular flexibility index (Phi) is 6.65. The quantitative estimate of drug-likeness (QED) is 0.294. The van der Waals surface area contributed by atoms with E-state index in [4.69, 9.17) is 9.72 Å². The summed E-state index contributed by atoms with van der Waals surface area (Å²) in [4.78, 5) is 11.9. The SMILES string of the molecule is c1cc(Oc2ccc3nc(NC4CCCCC4)sc3c2)cc(-c2ccc(CN3CCCC3)cc2)n1. The Morgan fingerprint density at radius 2 is 1.69 bits per heavy atom. The molecule has 6 heteroatoms. The highest BCUT2D eigenvalue weighted by Crippen LogP contribution is 2.33. The minimum Gasteiger partial charge on any atom is -0.457 e. The highest BCUT2D eigenvalue weighted by Gasteiger charge is 2.15. The summed E-state index contributed by atoms with van der Waals surface area (Å²) in [6.07, 6.45) is 11.0. The molecule has 35 heavy (non-hydrogen) atoms. The fourth-order valence-corrected chi connectivity index (χ4v) is 6.17. The molecule has 1 N–H and O–H groups in total. The van der Waals surface area contributed by atoms with Gasteiger partial charge >= 0.3 is 0 Å². The van der Waals surface area contributed by atoms with Crippen LogP contribution in [0.5, 0.6) is 11.5 Å². The van der Waals surface area contributed by atoms with Crippen molar-refractivity contribution in [2.45, 2.75) is 57.5 Å². The molecule has 2 fully saturated rings. The minimum absolute atomic E-state index is 0.560. The highest BCUT2D eigenvalue weighted by atomic mass is 32.1. The summed E-state index contributed by atoms with van der Waals surface area (Å²) in [6, 6.07) is 19.4. The Labute approximate surface area is 211 Å². The van der Waals surface area contributed by atoms with E-state index in [9.17, 15) is 0 Å². The summed E-state index contributed by atoms with van der Waals surface area (Å²) in [5, 5.41) is 4.66. The molecule has 180 valence electrons. The van der Waals surface area contributed by atoms with Crippen LogP contribution in [0.1, 0.15) is 50.5 Å². The summed E-state index contributed by atoms with van der Waals surface area (Å²) in [5.74, 6) is 1.61. The van der Waals surface area contributed by atoms with E-state index < -0.39 is 0 Å². The number of hydrogen-bond donors (Lipinski definition) is 1. The molecule has 0 unspecified atom stereocenters. The molecule has 0 bridgehead atoms. The molecule has 2 aromatic carbocycles. The van der Waals surface area contributed by atoms with Crippen molar-refractivity contribution >= 4 is 26.7 Å². The second-order valence-corrected chi connectivity index (χ2v) is 10.8. The van der Waals surface area contributed by atoms with Crippen LogP contribution in [0.25, 0.3) is 21.5 Å². The van der Waals surface area contributed by atoms with Crippen molar-refractivity contribution in [3.05, 3.63) is 66.4 Å². The topological polar surface area (TPSA) is 50.3 Å². The maximum absolute atomic E-state index is 6.23. The number of thiazole rings is 1. The van der Waals surface area contributed by atoms with E-state index in [0.29, 0.717) is 6.04 Å². The van der Waals surface area contributed by atoms with Crippen molar-refractivity contribution in [1.82, 2.24) is 14.9 Å². The number of hydrogen-bond acceptors (Lipinski definition) is 6. The molecule has 0 spiro atoms. The van der Waals surface area contributed by atoms with E-state index >= 15 is 0 Å². The molecule has 4 aromatic rings. The number of ether oxygens (including phenoxy) is 1. The average molecular weight is 485 g/mol. The van der Waals surface area contributed by atoms with Crippen molar-refractivity contribution < 1.29 is 4.74 Å². The van der Waals surface area contributed by atoms with Crippen LogP contribution in [0, 0.1) is 0 Å². The zero-order chi connectivity index (χ0) is 23.5. The van der Waals surface area contributed by atoms with Crippen LogP contribution in [-0.2, 0) is 6.54 Å². The Balaban J connectivity index is 1.14. The Morgan fingerprint density at radius 1 is 0.886 bits per heavy atom. The molecule has 2 aliphatic rings. The summed E-state index contributed by atoms with van der Waals surface area (Å²) >= 11 is 1.71. The van der Waals surface area contributed by atoms with Crippen molar-refractivity contribution in [3.8, 4) is 22.8 Å². The van der Waals surface area contributed by atoms with Crippen LogP contribution < -0.4 is 10.1 Å². The number of rotatable bonds is 7. The third-order valence-corrected chi connectivity index (χ3v) is 8.06. The maximum atomic E-state index is 6.23. The monoisotopic (exact) mass is 484 g/mol. The Hall–Kier alpha value is -2.96. The normalized spacial score (nSPS) is 17.1. The van der Waals surface area contributed by atoms with Crippen LogP contribution in [0.15, 0.2) is 60.8 Å². The predicted octanol–water partition coefficient (Wildman–Crippen LogP) is 7.49. The van der Waals surface area contributed by atoms with Crippen molar-refractivity contribution in [2.24, 2.45) is 0 Å². The molecule has 3 heterocycles. The lowest BCUT2D eigenvalue weighted by Crippen LogP contribution is -2.21. The van der Waals surface area contributed by atoms with Crippen molar-refractivity contribution in [3.63, 3.8) is 0 Å². The van der Waals surface area contributed by atoms with E-state index in [1.807, 2.05) is 24.4 Å². The van der Waals surface area contributed by atoms with Crippen molar-refractivity contribution in [2.75, 3.05) is 18.4 Å². The third-order valence-electron chi connectivity index (χ3n) is 7.11. The van der Waals surface area contributed by atoms with Crippen LogP contribution in [-0.4, -0.2) is 34.0 Å². The van der Waals surface area contributed by atoms with Gasteiger partial charge in [0.05, 0.1) is 15.9 Å². The number of nitrogens with one attached hydrogen (secondary N) is 1. The summed E-state index contributed by atoms with van der Waals surface area (Å²) in [6.45, 7) is 3.47. The molecule has 0 radical (unpaired) electrons. The molecular weight excluding hydrogens is 452 g/mol. The second-order valence-electron chi connectivity index (χ2n) is 9.79. The molecule has 5 nitrogen and oxygen atoms in total. The van der Waals surface area contributed by atoms with Gasteiger partial charge in [0.2, 0.25) is 0 Å². The Morgan fingerprint density at radius 3 is 2.51 bits per heavy atom. The number of fused-ring (bicyclic) bond motifs is 1. The first-order valence-corrected chi connectivity index (χ1v) is 13.7. The summed E-state index contributed by atoms with van der Waals surface area (Å²) < 4.78 is 7.37. The van der Waals surface area contributed by atoms with Gasteiger partial charge in [-0.2, -0.15) is 0 Å². The number of benzene rings is 2. The Bertz CT molecular complexity index is 1270. The van der Waals surface area contributed by atoms with Gasteiger partial charge in [0, 0.05) is 36.5 Å². The first kappa shape index (κ1) is 22.5. The lowest BCUT2D eigenvalue weighted by atomic mass is 9.96. The van der Waals surface area contributed by atoms with Crippen LogP contribution in [0.2, 0.25) is 0 Å². The predicted molar refractivity (Wildman–Crippen MR) is 144 cm³/mol. The fourth-order valence-electron chi connectivity index (χ4n) is 5.20. The third kappa shape index (κ3) is 5.49. The van der Waals surface area contributed by atoms with Gasteiger partial charge in [-0.1, -0.05) is 54.9 Å². The van der Waals surface area contributed by atoms with Gasteiger partial charge in [-0.05, 0) is 62.5 Å². The molecule has 1 aliphatic carbocycles. The van der Waals surface area contributed by atoms with Crippen molar-refractivity contribution in [1.29, 1.82) is 0 Å². The number of pyridine rings is 1. The zero-order valence-electron chi connectivity index (χ0n) is 20.1. The fraction of sp³-hybridized carbons (Fsp3) is 0.379. The van der Waals surface area contributed by atoms with Crippen LogP contribution in [0.3, 0.4) is 0 Å². The number of anilines is 1. The van der Waals surface area contributed by atoms with Gasteiger partial charge in [-0.15, -0.1) is 0 Å². The molecule has 0 amide bonds. The minimum atomic E-state index is 0.560. The van der Waals surface area contributed by atoms with Gasteiger partial charge < -0.3 is 10.1 Å². The lowest BCUT2D eigenvalue weighted by Gasteiger charge is -2.22. The van der Waals surface area contributed by atoms with Crippen LogP contribution in [0.4, 0.5) is 5.13 Å². The number of aromatic nitrogens is 2. The lowest BCUT2D eigenvalue weighted by molar-refractivity contribution is 0.331. The van der Waals surface area contributed by atoms with E-state index in [-0.39, 0.29) is 0 Å². The first-order valence-electron chi connectivity index (χ1n) is 12.9. The molecular formula is C29H32N4OS. The van der Waals surface area contributed by atoms with E-state index in [1.54, 1.807) is 11.3 Å². The smallest absolute Gasteiger partial charge is 0.184 e. The largest absolute Gasteiger partial charge is 0.457 e. The molecule has 1 saturated heterocycles. The van der Waals surface area contributed by atoms with E-state index in [2.05, 4.69) is 51.6 Å². The standard InChI is InChI=1S/C29H32N4OS/c1-2-6-23(7-3-1)31-29-32-26-13-12-24(19-28(26)35-29)34-25-14-15-30-27(18-25)22-10-8-21(9-11-22)20-33-16-4-5-17-33/h8-15,18-19,23H,1-7,16-17,20H2,(H,31,32). The van der Waals surface area contributed by atoms with Gasteiger partial charge in [0.25, 0.3) is 0 Å². The van der Waals surface area contributed by atoms with Gasteiger partial charge in [0.15, 0.2) is 5.13 Å².